The Kier molecular flexibility index (Phi) is 5.32. The van der Waals surface area contributed by atoms with Gasteiger partial charge in [0, 0.05) is 45.3 Å². The van der Waals surface area contributed by atoms with Crippen LogP contribution in [0, 0.1) is 5.92 Å². The first-order valence-corrected chi connectivity index (χ1v) is 8.68. The van der Waals surface area contributed by atoms with Crippen LogP contribution < -0.4 is 5.32 Å². The van der Waals surface area contributed by atoms with Crippen molar-refractivity contribution in [2.24, 2.45) is 5.92 Å². The van der Waals surface area contributed by atoms with Gasteiger partial charge >= 0.3 is 0 Å². The molecule has 1 N–H and O–H groups in total. The molecule has 0 aromatic carbocycles. The average Bonchev–Trinajstić information content (AvgIpc) is 2.51. The molecule has 3 fully saturated rings. The van der Waals surface area contributed by atoms with Crippen molar-refractivity contribution in [3.63, 3.8) is 0 Å². The molecule has 2 unspecified atom stereocenters. The van der Waals surface area contributed by atoms with Gasteiger partial charge in [-0.25, -0.2) is 0 Å². The molecule has 0 aliphatic carbocycles. The second-order valence-corrected chi connectivity index (χ2v) is 7.02. The predicted molar refractivity (Wildman–Crippen MR) is 84.1 cm³/mol. The highest BCUT2D eigenvalue weighted by molar-refractivity contribution is 4.89. The van der Waals surface area contributed by atoms with E-state index in [4.69, 9.17) is 0 Å². The molecule has 4 nitrogen and oxygen atoms in total. The average molecular weight is 280 g/mol. The van der Waals surface area contributed by atoms with Crippen LogP contribution in [-0.4, -0.2) is 86.7 Å². The summed E-state index contributed by atoms with van der Waals surface area (Å²) in [6.07, 6.45) is 5.64. The van der Waals surface area contributed by atoms with Crippen molar-refractivity contribution in [3.05, 3.63) is 0 Å². The van der Waals surface area contributed by atoms with E-state index in [9.17, 15) is 0 Å². The molecule has 3 rings (SSSR count). The van der Waals surface area contributed by atoms with Gasteiger partial charge in [-0.05, 0) is 51.9 Å². The number of hydrogen-bond donors (Lipinski definition) is 1. The maximum absolute atomic E-state index is 3.64. The van der Waals surface area contributed by atoms with Gasteiger partial charge in [0.1, 0.15) is 0 Å². The summed E-state index contributed by atoms with van der Waals surface area (Å²) in [5.41, 5.74) is 0. The molecule has 0 aromatic rings. The predicted octanol–water partition coefficient (Wildman–Crippen LogP) is 0.698. The number of rotatable bonds is 3. The standard InChI is InChI=1S/C16H32N4/c1-18-9-11-19(12-10-18)14-15-5-6-17-13-16(15)20-7-3-2-4-8-20/h15-17H,2-14H2,1H3. The summed E-state index contributed by atoms with van der Waals surface area (Å²) in [7, 11) is 2.25. The lowest BCUT2D eigenvalue weighted by molar-refractivity contribution is 0.0580. The van der Waals surface area contributed by atoms with Gasteiger partial charge in [-0.3, -0.25) is 4.90 Å². The van der Waals surface area contributed by atoms with E-state index in [-0.39, 0.29) is 0 Å². The number of likely N-dealkylation sites (tertiary alicyclic amines) is 1. The highest BCUT2D eigenvalue weighted by atomic mass is 15.3. The van der Waals surface area contributed by atoms with Crippen LogP contribution in [0.1, 0.15) is 25.7 Å². The largest absolute Gasteiger partial charge is 0.315 e. The van der Waals surface area contributed by atoms with Gasteiger partial charge in [0.15, 0.2) is 0 Å². The summed E-state index contributed by atoms with van der Waals surface area (Å²) in [4.78, 5) is 7.96. The molecule has 0 radical (unpaired) electrons. The first kappa shape index (κ1) is 14.8. The van der Waals surface area contributed by atoms with E-state index in [0.717, 1.165) is 12.0 Å². The molecule has 2 atom stereocenters. The Bertz CT molecular complexity index is 282. The highest BCUT2D eigenvalue weighted by Gasteiger charge is 2.32. The number of piperazine rings is 1. The summed E-state index contributed by atoms with van der Waals surface area (Å²) in [5, 5.41) is 3.64. The first-order valence-electron chi connectivity index (χ1n) is 8.68. The number of piperidine rings is 2. The van der Waals surface area contributed by atoms with Crippen LogP contribution in [0.15, 0.2) is 0 Å². The van der Waals surface area contributed by atoms with E-state index in [2.05, 4.69) is 27.1 Å². The molecule has 0 aromatic heterocycles. The van der Waals surface area contributed by atoms with Crippen molar-refractivity contribution in [1.82, 2.24) is 20.0 Å². The van der Waals surface area contributed by atoms with Crippen LogP contribution >= 0.6 is 0 Å². The zero-order valence-corrected chi connectivity index (χ0v) is 13.2. The fourth-order valence-electron chi connectivity index (χ4n) is 4.15. The van der Waals surface area contributed by atoms with E-state index in [0.29, 0.717) is 0 Å². The molecule has 3 aliphatic heterocycles. The Hall–Kier alpha value is -0.160. The van der Waals surface area contributed by atoms with Gasteiger partial charge in [-0.15, -0.1) is 0 Å². The molecule has 3 aliphatic rings. The van der Waals surface area contributed by atoms with Gasteiger partial charge in [0.2, 0.25) is 0 Å². The first-order chi connectivity index (χ1) is 9.83. The minimum Gasteiger partial charge on any atom is -0.315 e. The monoisotopic (exact) mass is 280 g/mol. The summed E-state index contributed by atoms with van der Waals surface area (Å²) in [5.74, 6) is 0.887. The Morgan fingerprint density at radius 3 is 2.45 bits per heavy atom. The van der Waals surface area contributed by atoms with Crippen molar-refractivity contribution in [1.29, 1.82) is 0 Å². The Balaban J connectivity index is 1.54. The highest BCUT2D eigenvalue weighted by Crippen LogP contribution is 2.23. The molecule has 0 amide bonds. The number of nitrogens with one attached hydrogen (secondary N) is 1. The molecule has 3 saturated heterocycles. The Labute approximate surface area is 124 Å². The van der Waals surface area contributed by atoms with Crippen LogP contribution in [0.2, 0.25) is 0 Å². The van der Waals surface area contributed by atoms with Crippen molar-refractivity contribution in [3.8, 4) is 0 Å². The number of hydrogen-bond acceptors (Lipinski definition) is 4. The maximum atomic E-state index is 3.64. The zero-order valence-electron chi connectivity index (χ0n) is 13.2. The molecule has 0 spiro atoms. The van der Waals surface area contributed by atoms with Gasteiger partial charge in [0.05, 0.1) is 0 Å². The topological polar surface area (TPSA) is 21.8 Å². The van der Waals surface area contributed by atoms with Gasteiger partial charge in [0.25, 0.3) is 0 Å². The van der Waals surface area contributed by atoms with Crippen LogP contribution in [0.4, 0.5) is 0 Å². The van der Waals surface area contributed by atoms with Gasteiger partial charge < -0.3 is 15.1 Å². The summed E-state index contributed by atoms with van der Waals surface area (Å²) >= 11 is 0. The number of likely N-dealkylation sites (N-methyl/N-ethyl adjacent to an activating group) is 1. The van der Waals surface area contributed by atoms with Gasteiger partial charge in [-0.2, -0.15) is 0 Å². The van der Waals surface area contributed by atoms with E-state index in [1.807, 2.05) is 0 Å². The zero-order chi connectivity index (χ0) is 13.8. The van der Waals surface area contributed by atoms with Crippen molar-refractivity contribution in [2.45, 2.75) is 31.7 Å². The molecule has 116 valence electrons. The summed E-state index contributed by atoms with van der Waals surface area (Å²) in [6.45, 7) is 11.5. The van der Waals surface area contributed by atoms with Crippen LogP contribution in [0.3, 0.4) is 0 Å². The van der Waals surface area contributed by atoms with Crippen molar-refractivity contribution < 1.29 is 0 Å². The van der Waals surface area contributed by atoms with Crippen LogP contribution in [-0.2, 0) is 0 Å². The third-order valence-corrected chi connectivity index (χ3v) is 5.54. The molecule has 4 heteroatoms. The molecule has 0 bridgehead atoms. The van der Waals surface area contributed by atoms with E-state index in [1.54, 1.807) is 0 Å². The smallest absolute Gasteiger partial charge is 0.0261 e. The molecule has 0 saturated carbocycles. The van der Waals surface area contributed by atoms with E-state index < -0.39 is 0 Å². The number of nitrogens with zero attached hydrogens (tertiary/aromatic N) is 3. The second kappa shape index (κ2) is 7.21. The molecule has 3 heterocycles. The molecular weight excluding hydrogens is 248 g/mol. The van der Waals surface area contributed by atoms with Crippen LogP contribution in [0.25, 0.3) is 0 Å². The van der Waals surface area contributed by atoms with Crippen LogP contribution in [0.5, 0.6) is 0 Å². The SMILES string of the molecule is CN1CCN(CC2CCNCC2N2CCCCC2)CC1. The minimum absolute atomic E-state index is 0.795. The quantitative estimate of drug-likeness (QED) is 0.821. The lowest BCUT2D eigenvalue weighted by Crippen LogP contribution is -2.56. The lowest BCUT2D eigenvalue weighted by Gasteiger charge is -2.44. The normalized spacial score (nSPS) is 35.2. The fourth-order valence-corrected chi connectivity index (χ4v) is 4.15. The van der Waals surface area contributed by atoms with Crippen molar-refractivity contribution >= 4 is 0 Å². The Morgan fingerprint density at radius 1 is 0.950 bits per heavy atom. The van der Waals surface area contributed by atoms with E-state index in [1.165, 1.54) is 84.6 Å². The van der Waals surface area contributed by atoms with Crippen molar-refractivity contribution in [2.75, 3.05) is 66.0 Å². The summed E-state index contributed by atoms with van der Waals surface area (Å²) < 4.78 is 0. The second-order valence-electron chi connectivity index (χ2n) is 7.02. The summed E-state index contributed by atoms with van der Waals surface area (Å²) in [6, 6.07) is 0.795. The Morgan fingerprint density at radius 2 is 1.70 bits per heavy atom. The molecule has 20 heavy (non-hydrogen) atoms. The molecular formula is C16H32N4. The maximum Gasteiger partial charge on any atom is 0.0261 e. The lowest BCUT2D eigenvalue weighted by atomic mass is 9.89. The minimum atomic E-state index is 0.795. The third-order valence-electron chi connectivity index (χ3n) is 5.54. The van der Waals surface area contributed by atoms with Gasteiger partial charge in [-0.1, -0.05) is 6.42 Å². The third kappa shape index (κ3) is 3.73. The fraction of sp³-hybridized carbons (Fsp3) is 1.00. The van der Waals surface area contributed by atoms with E-state index >= 15 is 0 Å².